The zero-order valence-electron chi connectivity index (χ0n) is 9.41. The van der Waals surface area contributed by atoms with Gasteiger partial charge in [-0.25, -0.2) is 0 Å². The Balaban J connectivity index is 2.12. The summed E-state index contributed by atoms with van der Waals surface area (Å²) in [5.74, 6) is 0.104. The zero-order valence-corrected chi connectivity index (χ0v) is 9.41. The summed E-state index contributed by atoms with van der Waals surface area (Å²) in [4.78, 5) is 15.6. The smallest absolute Gasteiger partial charge is 0.221 e. The molecule has 0 aliphatic carbocycles. The van der Waals surface area contributed by atoms with Gasteiger partial charge in [0.05, 0.1) is 6.61 Å². The molecular weight excluding hydrogens is 194 g/mol. The lowest BCUT2D eigenvalue weighted by Gasteiger charge is -2.34. The summed E-state index contributed by atoms with van der Waals surface area (Å²) in [7, 11) is 1.67. The van der Waals surface area contributed by atoms with Crippen LogP contribution in [0.3, 0.4) is 0 Å². The van der Waals surface area contributed by atoms with E-state index in [1.54, 1.807) is 7.05 Å². The van der Waals surface area contributed by atoms with E-state index < -0.39 is 0 Å². The number of carbonyl (C=O) groups is 1. The first-order chi connectivity index (χ1) is 7.26. The van der Waals surface area contributed by atoms with Crippen LogP contribution in [0.5, 0.6) is 0 Å². The maximum atomic E-state index is 11.0. The van der Waals surface area contributed by atoms with Gasteiger partial charge >= 0.3 is 0 Å². The van der Waals surface area contributed by atoms with Crippen molar-refractivity contribution in [2.45, 2.75) is 6.42 Å². The number of aliphatic hydroxyl groups is 1. The molecule has 0 unspecified atom stereocenters. The molecule has 1 amide bonds. The third kappa shape index (κ3) is 4.59. The Labute approximate surface area is 91.0 Å². The van der Waals surface area contributed by atoms with Crippen molar-refractivity contribution in [1.82, 2.24) is 15.1 Å². The van der Waals surface area contributed by atoms with Crippen LogP contribution in [0.2, 0.25) is 0 Å². The van der Waals surface area contributed by atoms with E-state index in [2.05, 4.69) is 15.1 Å². The Morgan fingerprint density at radius 2 is 1.73 bits per heavy atom. The van der Waals surface area contributed by atoms with Gasteiger partial charge in [-0.1, -0.05) is 0 Å². The molecule has 0 saturated carbocycles. The number of hydrogen-bond acceptors (Lipinski definition) is 4. The highest BCUT2D eigenvalue weighted by Gasteiger charge is 2.16. The number of piperazine rings is 1. The van der Waals surface area contributed by atoms with E-state index in [-0.39, 0.29) is 12.5 Å². The molecule has 0 spiro atoms. The van der Waals surface area contributed by atoms with E-state index in [1.165, 1.54) is 0 Å². The highest BCUT2D eigenvalue weighted by Crippen LogP contribution is 2.01. The van der Waals surface area contributed by atoms with Crippen molar-refractivity contribution in [2.24, 2.45) is 0 Å². The van der Waals surface area contributed by atoms with Gasteiger partial charge in [0.1, 0.15) is 0 Å². The number of nitrogens with one attached hydrogen (secondary N) is 1. The lowest BCUT2D eigenvalue weighted by molar-refractivity contribution is -0.121. The molecule has 5 nitrogen and oxygen atoms in total. The van der Waals surface area contributed by atoms with Gasteiger partial charge in [-0.05, 0) is 0 Å². The van der Waals surface area contributed by atoms with Gasteiger partial charge in [0.25, 0.3) is 0 Å². The van der Waals surface area contributed by atoms with Crippen LogP contribution in [0.15, 0.2) is 0 Å². The second-order valence-electron chi connectivity index (χ2n) is 3.83. The molecule has 1 aliphatic heterocycles. The third-order valence-corrected chi connectivity index (χ3v) is 2.82. The lowest BCUT2D eigenvalue weighted by Crippen LogP contribution is -2.47. The van der Waals surface area contributed by atoms with E-state index >= 15 is 0 Å². The molecule has 1 fully saturated rings. The van der Waals surface area contributed by atoms with Crippen molar-refractivity contribution >= 4 is 5.91 Å². The monoisotopic (exact) mass is 215 g/mol. The van der Waals surface area contributed by atoms with E-state index in [4.69, 9.17) is 5.11 Å². The van der Waals surface area contributed by atoms with Gasteiger partial charge in [-0.3, -0.25) is 9.69 Å². The number of hydrogen-bond donors (Lipinski definition) is 2. The number of rotatable bonds is 5. The first kappa shape index (κ1) is 12.4. The first-order valence-corrected chi connectivity index (χ1v) is 5.52. The molecule has 0 radical (unpaired) electrons. The fourth-order valence-corrected chi connectivity index (χ4v) is 1.76. The quantitative estimate of drug-likeness (QED) is 0.600. The molecule has 0 atom stereocenters. The average Bonchev–Trinajstić information content (AvgIpc) is 2.28. The Kier molecular flexibility index (Phi) is 5.60. The van der Waals surface area contributed by atoms with E-state index in [0.717, 1.165) is 39.3 Å². The van der Waals surface area contributed by atoms with Crippen molar-refractivity contribution in [3.63, 3.8) is 0 Å². The highest BCUT2D eigenvalue weighted by atomic mass is 16.3. The van der Waals surface area contributed by atoms with Crippen LogP contribution in [-0.4, -0.2) is 73.7 Å². The summed E-state index contributed by atoms with van der Waals surface area (Å²) in [6.45, 7) is 5.82. The normalized spacial score (nSPS) is 19.1. The molecule has 5 heteroatoms. The fraction of sp³-hybridized carbons (Fsp3) is 0.900. The lowest BCUT2D eigenvalue weighted by atomic mass is 10.3. The summed E-state index contributed by atoms with van der Waals surface area (Å²) < 4.78 is 0. The van der Waals surface area contributed by atoms with E-state index in [9.17, 15) is 4.79 Å². The molecule has 0 aromatic rings. The Hall–Kier alpha value is -0.650. The van der Waals surface area contributed by atoms with Crippen LogP contribution in [-0.2, 0) is 4.79 Å². The SMILES string of the molecule is CNC(=O)CCN1CCN(CCO)CC1. The Morgan fingerprint density at radius 1 is 1.20 bits per heavy atom. The predicted molar refractivity (Wildman–Crippen MR) is 58.6 cm³/mol. The highest BCUT2D eigenvalue weighted by molar-refractivity contribution is 5.75. The minimum atomic E-state index is 0.104. The summed E-state index contributed by atoms with van der Waals surface area (Å²) >= 11 is 0. The number of carbonyl (C=O) groups excluding carboxylic acids is 1. The minimum absolute atomic E-state index is 0.104. The summed E-state index contributed by atoms with van der Waals surface area (Å²) in [6.07, 6.45) is 0.580. The van der Waals surface area contributed by atoms with E-state index in [0.29, 0.717) is 6.42 Å². The molecule has 1 aliphatic rings. The maximum Gasteiger partial charge on any atom is 0.221 e. The van der Waals surface area contributed by atoms with E-state index in [1.807, 2.05) is 0 Å². The van der Waals surface area contributed by atoms with Gasteiger partial charge in [-0.15, -0.1) is 0 Å². The van der Waals surface area contributed by atoms with Crippen LogP contribution in [0.1, 0.15) is 6.42 Å². The van der Waals surface area contributed by atoms with Gasteiger partial charge in [0.2, 0.25) is 5.91 Å². The van der Waals surface area contributed by atoms with Crippen LogP contribution in [0.25, 0.3) is 0 Å². The molecule has 0 aromatic carbocycles. The van der Waals surface area contributed by atoms with Crippen LogP contribution >= 0.6 is 0 Å². The molecule has 1 rings (SSSR count). The maximum absolute atomic E-state index is 11.0. The van der Waals surface area contributed by atoms with Gasteiger partial charge in [-0.2, -0.15) is 0 Å². The topological polar surface area (TPSA) is 55.8 Å². The molecular formula is C10H21N3O2. The average molecular weight is 215 g/mol. The second kappa shape index (κ2) is 6.76. The van der Waals surface area contributed by atoms with Gasteiger partial charge < -0.3 is 15.3 Å². The third-order valence-electron chi connectivity index (χ3n) is 2.82. The minimum Gasteiger partial charge on any atom is -0.395 e. The summed E-state index contributed by atoms with van der Waals surface area (Å²) in [5, 5.41) is 11.4. The van der Waals surface area contributed by atoms with Crippen molar-refractivity contribution in [3.8, 4) is 0 Å². The molecule has 88 valence electrons. The molecule has 0 bridgehead atoms. The number of amides is 1. The first-order valence-electron chi connectivity index (χ1n) is 5.52. The molecule has 15 heavy (non-hydrogen) atoms. The second-order valence-corrected chi connectivity index (χ2v) is 3.83. The van der Waals surface area contributed by atoms with Crippen molar-refractivity contribution in [1.29, 1.82) is 0 Å². The summed E-state index contributed by atoms with van der Waals surface area (Å²) in [5.41, 5.74) is 0. The summed E-state index contributed by atoms with van der Waals surface area (Å²) in [6, 6.07) is 0. The standard InChI is InChI=1S/C10H21N3O2/c1-11-10(15)2-3-12-4-6-13(7-5-12)8-9-14/h14H,2-9H2,1H3,(H,11,15). The van der Waals surface area contributed by atoms with Gasteiger partial charge in [0, 0.05) is 52.7 Å². The van der Waals surface area contributed by atoms with Crippen LogP contribution in [0, 0.1) is 0 Å². The Morgan fingerprint density at radius 3 is 2.20 bits per heavy atom. The van der Waals surface area contributed by atoms with Crippen LogP contribution < -0.4 is 5.32 Å². The molecule has 1 saturated heterocycles. The number of nitrogens with zero attached hydrogens (tertiary/aromatic N) is 2. The zero-order chi connectivity index (χ0) is 11.1. The predicted octanol–water partition coefficient (Wildman–Crippen LogP) is -1.27. The molecule has 1 heterocycles. The van der Waals surface area contributed by atoms with Crippen molar-refractivity contribution in [3.05, 3.63) is 0 Å². The van der Waals surface area contributed by atoms with Gasteiger partial charge in [0.15, 0.2) is 0 Å². The Bertz CT molecular complexity index is 191. The molecule has 0 aromatic heterocycles. The van der Waals surface area contributed by atoms with Crippen molar-refractivity contribution in [2.75, 3.05) is 52.9 Å². The fourth-order valence-electron chi connectivity index (χ4n) is 1.76. The van der Waals surface area contributed by atoms with Crippen LogP contribution in [0.4, 0.5) is 0 Å². The number of aliphatic hydroxyl groups excluding tert-OH is 1. The molecule has 2 N–H and O–H groups in total. The van der Waals surface area contributed by atoms with Crippen molar-refractivity contribution < 1.29 is 9.90 Å². The largest absolute Gasteiger partial charge is 0.395 e. The number of β-amino-alcohol motifs (C(OH)–C–C–N with tert-alkyl or cyclic N) is 1.